The van der Waals surface area contributed by atoms with E-state index in [2.05, 4.69) is 15.2 Å². The molecule has 1 N–H and O–H groups in total. The van der Waals surface area contributed by atoms with E-state index < -0.39 is 6.09 Å². The maximum Gasteiger partial charge on any atom is 0.433 e. The third kappa shape index (κ3) is 5.44. The van der Waals surface area contributed by atoms with Crippen LogP contribution in [-0.2, 0) is 11.3 Å². The van der Waals surface area contributed by atoms with E-state index in [1.807, 2.05) is 72.8 Å². The summed E-state index contributed by atoms with van der Waals surface area (Å²) in [5.74, 6) is -0.377. The number of anilines is 1. The summed E-state index contributed by atoms with van der Waals surface area (Å²) in [7, 11) is 1.31. The average molecular weight is 590 g/mol. The Kier molecular flexibility index (Phi) is 8.02. The molecule has 1 aliphatic carbocycles. The highest BCUT2D eigenvalue weighted by molar-refractivity contribution is 6.10. The van der Waals surface area contributed by atoms with Crippen molar-refractivity contribution in [2.45, 2.75) is 63.2 Å². The monoisotopic (exact) mass is 589 g/mol. The van der Waals surface area contributed by atoms with Gasteiger partial charge in [-0.2, -0.15) is 5.01 Å². The topological polar surface area (TPSA) is 78.0 Å². The Bertz CT molecular complexity index is 1640. The highest BCUT2D eigenvalue weighted by Crippen LogP contribution is 2.39. The number of hydrazine groups is 1. The normalized spacial score (nSPS) is 20.6. The molecule has 1 saturated carbocycles. The second kappa shape index (κ2) is 12.4. The molecule has 2 saturated heterocycles. The van der Waals surface area contributed by atoms with Gasteiger partial charge in [0.25, 0.3) is 5.91 Å². The predicted molar refractivity (Wildman–Crippen MR) is 172 cm³/mol. The van der Waals surface area contributed by atoms with Crippen LogP contribution in [-0.4, -0.2) is 65.1 Å². The molecule has 4 aromatic rings. The quantitative estimate of drug-likeness (QED) is 0.262. The largest absolute Gasteiger partial charge is 0.451 e. The molecule has 226 valence electrons. The van der Waals surface area contributed by atoms with Crippen LogP contribution in [0.4, 0.5) is 10.5 Å². The van der Waals surface area contributed by atoms with Crippen molar-refractivity contribution in [3.8, 4) is 11.3 Å². The van der Waals surface area contributed by atoms with Crippen LogP contribution in [0, 0.1) is 0 Å². The van der Waals surface area contributed by atoms with Gasteiger partial charge in [-0.3, -0.25) is 20.0 Å². The van der Waals surface area contributed by atoms with Gasteiger partial charge in [-0.15, -0.1) is 0 Å². The van der Waals surface area contributed by atoms with Crippen molar-refractivity contribution >= 4 is 28.6 Å². The van der Waals surface area contributed by atoms with Crippen LogP contribution in [0.25, 0.3) is 22.2 Å². The lowest BCUT2D eigenvalue weighted by Crippen LogP contribution is -2.50. The van der Waals surface area contributed by atoms with Crippen LogP contribution >= 0.6 is 0 Å². The van der Waals surface area contributed by atoms with E-state index in [4.69, 9.17) is 9.72 Å². The number of hydrogen-bond donors (Lipinski definition) is 1. The molecule has 2 amide bonds. The smallest absolute Gasteiger partial charge is 0.433 e. The molecule has 7 rings (SSSR count). The van der Waals surface area contributed by atoms with E-state index in [1.165, 1.54) is 50.6 Å². The molecule has 3 aromatic carbocycles. The van der Waals surface area contributed by atoms with Crippen LogP contribution in [0.3, 0.4) is 0 Å². The van der Waals surface area contributed by atoms with Gasteiger partial charge in [-0.1, -0.05) is 86.0 Å². The second-order valence-corrected chi connectivity index (χ2v) is 12.2. The van der Waals surface area contributed by atoms with Gasteiger partial charge in [0, 0.05) is 54.3 Å². The Hall–Kier alpha value is -4.27. The molecule has 3 heterocycles. The number of nitrogens with zero attached hydrogens (tertiary/aromatic N) is 4. The first-order valence-electron chi connectivity index (χ1n) is 15.8. The molecule has 0 radical (unpaired) electrons. The summed E-state index contributed by atoms with van der Waals surface area (Å²) in [6.07, 6.45) is 7.18. The van der Waals surface area contributed by atoms with Crippen LogP contribution in [0.5, 0.6) is 0 Å². The number of para-hydroxylation sites is 2. The van der Waals surface area contributed by atoms with Gasteiger partial charge in [0.15, 0.2) is 0 Å². The maximum atomic E-state index is 14.4. The number of aromatic nitrogens is 1. The number of hydrogen-bond acceptors (Lipinski definition) is 6. The molecule has 8 nitrogen and oxygen atoms in total. The summed E-state index contributed by atoms with van der Waals surface area (Å²) in [5.41, 5.74) is 7.30. The van der Waals surface area contributed by atoms with Crippen molar-refractivity contribution in [2.24, 2.45) is 0 Å². The molecular formula is C36H39N5O3. The minimum Gasteiger partial charge on any atom is -0.451 e. The number of piperazine rings is 1. The summed E-state index contributed by atoms with van der Waals surface area (Å²) in [5, 5.41) is 1.93. The fourth-order valence-corrected chi connectivity index (χ4v) is 7.58. The Morgan fingerprint density at radius 1 is 0.864 bits per heavy atom. The molecule has 8 heteroatoms. The van der Waals surface area contributed by atoms with Crippen molar-refractivity contribution in [3.63, 3.8) is 0 Å². The number of carbonyl (C=O) groups excluding carboxylic acids is 2. The van der Waals surface area contributed by atoms with Gasteiger partial charge in [-0.25, -0.2) is 9.78 Å². The van der Waals surface area contributed by atoms with Crippen LogP contribution in [0.15, 0.2) is 84.9 Å². The number of rotatable bonds is 6. The Morgan fingerprint density at radius 2 is 1.57 bits per heavy atom. The maximum absolute atomic E-state index is 14.4. The van der Waals surface area contributed by atoms with Crippen LogP contribution in [0.1, 0.15) is 54.4 Å². The van der Waals surface area contributed by atoms with Gasteiger partial charge in [0.05, 0.1) is 29.6 Å². The van der Waals surface area contributed by atoms with E-state index in [1.54, 1.807) is 12.1 Å². The van der Waals surface area contributed by atoms with Crippen molar-refractivity contribution in [1.82, 2.24) is 20.2 Å². The van der Waals surface area contributed by atoms with Crippen molar-refractivity contribution < 1.29 is 14.3 Å². The third-order valence-electron chi connectivity index (χ3n) is 9.65. The van der Waals surface area contributed by atoms with E-state index in [9.17, 15) is 9.59 Å². The Labute approximate surface area is 258 Å². The van der Waals surface area contributed by atoms with Gasteiger partial charge in [0.2, 0.25) is 0 Å². The zero-order valence-corrected chi connectivity index (χ0v) is 25.2. The van der Waals surface area contributed by atoms with E-state index in [0.29, 0.717) is 35.9 Å². The van der Waals surface area contributed by atoms with Gasteiger partial charge < -0.3 is 4.74 Å². The van der Waals surface area contributed by atoms with Crippen molar-refractivity contribution in [3.05, 3.63) is 96.1 Å². The standard InChI is InChI=1S/C36H39N5O3/c1-44-36(43)41(27-17-9-4-10-18-27)38-35(42)33-30-19-11-12-20-32(30)37-34(25-13-5-2-6-14-25)31(33)24-39-22-29-21-28(39)23-40(29)26-15-7-3-8-16-26/h2,4-6,9-14,17-20,26,28-29H,3,7-8,15-16,21-24H2,1H3,(H,38,42)/t28-,29-/m1/s1. The van der Waals surface area contributed by atoms with Crippen LogP contribution in [0.2, 0.25) is 0 Å². The first-order chi connectivity index (χ1) is 21.6. The summed E-state index contributed by atoms with van der Waals surface area (Å²) in [6.45, 7) is 2.68. The predicted octanol–water partition coefficient (Wildman–Crippen LogP) is 6.41. The first-order valence-corrected chi connectivity index (χ1v) is 15.8. The fourth-order valence-electron chi connectivity index (χ4n) is 7.58. The number of nitrogens with one attached hydrogen (secondary N) is 1. The minimum atomic E-state index is -0.674. The molecule has 3 aliphatic rings. The lowest BCUT2D eigenvalue weighted by molar-refractivity contribution is 0.0711. The molecule has 44 heavy (non-hydrogen) atoms. The summed E-state index contributed by atoms with van der Waals surface area (Å²) < 4.78 is 5.06. The summed E-state index contributed by atoms with van der Waals surface area (Å²) >= 11 is 0. The van der Waals surface area contributed by atoms with Crippen molar-refractivity contribution in [2.75, 3.05) is 25.2 Å². The molecule has 2 bridgehead atoms. The zero-order chi connectivity index (χ0) is 30.0. The molecular weight excluding hydrogens is 550 g/mol. The van der Waals surface area contributed by atoms with E-state index >= 15 is 0 Å². The first kappa shape index (κ1) is 28.5. The number of amides is 2. The minimum absolute atomic E-state index is 0.377. The summed E-state index contributed by atoms with van der Waals surface area (Å²) in [4.78, 5) is 37.8. The van der Waals surface area contributed by atoms with Crippen molar-refractivity contribution in [1.29, 1.82) is 0 Å². The fraction of sp³-hybridized carbons (Fsp3) is 0.361. The number of pyridine rings is 1. The molecule has 1 aromatic heterocycles. The Morgan fingerprint density at radius 3 is 2.27 bits per heavy atom. The number of likely N-dealkylation sites (tertiary alicyclic amines) is 2. The zero-order valence-electron chi connectivity index (χ0n) is 25.2. The third-order valence-corrected chi connectivity index (χ3v) is 9.65. The molecule has 0 unspecified atom stereocenters. The SMILES string of the molecule is COC(=O)N(NC(=O)c1c(CN2C[C@H]3C[C@@H]2CN3C2CCCCC2)c(-c2ccccc2)nc2ccccc12)c1ccccc1. The number of carbonyl (C=O) groups is 2. The van der Waals surface area contributed by atoms with Gasteiger partial charge in [-0.05, 0) is 37.5 Å². The molecule has 2 atom stereocenters. The number of methoxy groups -OCH3 is 1. The lowest BCUT2D eigenvalue weighted by Gasteiger charge is -2.40. The van der Waals surface area contributed by atoms with E-state index in [-0.39, 0.29) is 5.91 Å². The summed E-state index contributed by atoms with van der Waals surface area (Å²) in [6, 6.07) is 28.6. The Balaban J connectivity index is 1.28. The lowest BCUT2D eigenvalue weighted by atomic mass is 9.93. The average Bonchev–Trinajstić information content (AvgIpc) is 3.69. The number of ether oxygens (including phenoxy) is 1. The van der Waals surface area contributed by atoms with E-state index in [0.717, 1.165) is 40.8 Å². The molecule has 3 fully saturated rings. The number of benzene rings is 3. The number of fused-ring (bicyclic) bond motifs is 3. The highest BCUT2D eigenvalue weighted by Gasteiger charge is 2.46. The van der Waals surface area contributed by atoms with Crippen LogP contribution < -0.4 is 10.4 Å². The second-order valence-electron chi connectivity index (χ2n) is 12.2. The molecule has 0 spiro atoms. The van der Waals surface area contributed by atoms with Gasteiger partial charge in [0.1, 0.15) is 0 Å². The molecule has 2 aliphatic heterocycles. The highest BCUT2D eigenvalue weighted by atomic mass is 16.5. The van der Waals surface area contributed by atoms with Gasteiger partial charge >= 0.3 is 6.09 Å².